The number of hydrogen-bond donors (Lipinski definition) is 6. The minimum Gasteiger partial charge on any atom is -0.479 e. The van der Waals surface area contributed by atoms with Crippen molar-refractivity contribution in [2.24, 2.45) is 0 Å². The molecule has 0 spiro atoms. The molecular formula is C6H12MnO8. The molecule has 1 radical (unpaired) electrons. The summed E-state index contributed by atoms with van der Waals surface area (Å²) in [7, 11) is 0. The molecule has 0 bridgehead atoms. The number of carboxylic acid groups (broad SMARTS) is 2. The second kappa shape index (κ2) is 11.4. The standard InChI is InChI=1S/2C3H6O4.Mn/c2*4-1-2(5)3(6)7;/h2*2,4-5H,1H2,(H,6,7);. The van der Waals surface area contributed by atoms with Crippen LogP contribution in [0.3, 0.4) is 0 Å². The zero-order chi connectivity index (χ0) is 11.7. The number of carbonyl (C=O) groups is 2. The third kappa shape index (κ3) is 13.3. The van der Waals surface area contributed by atoms with Gasteiger partial charge in [-0.3, -0.25) is 0 Å². The van der Waals surface area contributed by atoms with E-state index in [0.717, 1.165) is 0 Å². The van der Waals surface area contributed by atoms with E-state index in [2.05, 4.69) is 0 Å². The summed E-state index contributed by atoms with van der Waals surface area (Å²) in [6.07, 6.45) is -3.25. The first-order valence-corrected chi connectivity index (χ1v) is 3.40. The maximum absolute atomic E-state index is 9.52. The van der Waals surface area contributed by atoms with Crippen LogP contribution in [0.15, 0.2) is 0 Å². The number of aliphatic hydroxyl groups is 4. The molecule has 9 heteroatoms. The van der Waals surface area contributed by atoms with Gasteiger partial charge in [-0.2, -0.15) is 0 Å². The topological polar surface area (TPSA) is 156 Å². The van der Waals surface area contributed by atoms with Crippen molar-refractivity contribution < 1.29 is 57.3 Å². The van der Waals surface area contributed by atoms with Gasteiger partial charge in [0.2, 0.25) is 0 Å². The van der Waals surface area contributed by atoms with Crippen molar-refractivity contribution in [1.82, 2.24) is 0 Å². The largest absolute Gasteiger partial charge is 0.479 e. The Hall–Kier alpha value is -0.701. The monoisotopic (exact) mass is 267 g/mol. The van der Waals surface area contributed by atoms with Crippen molar-refractivity contribution in [3.63, 3.8) is 0 Å². The quantitative estimate of drug-likeness (QED) is 0.291. The minimum atomic E-state index is -1.63. The van der Waals surface area contributed by atoms with Gasteiger partial charge in [0, 0.05) is 17.1 Å². The van der Waals surface area contributed by atoms with Crippen LogP contribution in [0, 0.1) is 0 Å². The zero-order valence-corrected chi connectivity index (χ0v) is 8.63. The smallest absolute Gasteiger partial charge is 0.334 e. The van der Waals surface area contributed by atoms with E-state index in [1.807, 2.05) is 0 Å². The van der Waals surface area contributed by atoms with Gasteiger partial charge >= 0.3 is 11.9 Å². The predicted octanol–water partition coefficient (Wildman–Crippen LogP) is -3.15. The van der Waals surface area contributed by atoms with Crippen LogP contribution in [0.4, 0.5) is 0 Å². The normalized spacial score (nSPS) is 12.5. The predicted molar refractivity (Wildman–Crippen MR) is 41.5 cm³/mol. The average molecular weight is 267 g/mol. The molecule has 0 aromatic carbocycles. The van der Waals surface area contributed by atoms with E-state index >= 15 is 0 Å². The number of hydrogen-bond acceptors (Lipinski definition) is 6. The van der Waals surface area contributed by atoms with Gasteiger partial charge in [-0.15, -0.1) is 0 Å². The summed E-state index contributed by atoms with van der Waals surface area (Å²) in [4.78, 5) is 19.0. The molecule has 6 N–H and O–H groups in total. The fraction of sp³-hybridized carbons (Fsp3) is 0.667. The van der Waals surface area contributed by atoms with Crippen molar-refractivity contribution in [2.45, 2.75) is 12.2 Å². The van der Waals surface area contributed by atoms with E-state index in [0.29, 0.717) is 0 Å². The number of aliphatic carboxylic acids is 2. The Kier molecular flexibility index (Phi) is 15.0. The molecule has 0 rings (SSSR count). The molecule has 15 heavy (non-hydrogen) atoms. The Morgan fingerprint density at radius 1 is 0.867 bits per heavy atom. The summed E-state index contributed by atoms with van der Waals surface area (Å²) in [5, 5.41) is 47.5. The van der Waals surface area contributed by atoms with Gasteiger partial charge in [-0.05, 0) is 0 Å². The first-order chi connectivity index (χ1) is 6.36. The van der Waals surface area contributed by atoms with Crippen LogP contribution in [0.1, 0.15) is 0 Å². The second-order valence-corrected chi connectivity index (χ2v) is 2.07. The van der Waals surface area contributed by atoms with E-state index < -0.39 is 37.4 Å². The van der Waals surface area contributed by atoms with Crippen molar-refractivity contribution in [1.29, 1.82) is 0 Å². The summed E-state index contributed by atoms with van der Waals surface area (Å²) in [5.74, 6) is -2.80. The maximum Gasteiger partial charge on any atom is 0.334 e. The minimum absolute atomic E-state index is 0. The van der Waals surface area contributed by atoms with Gasteiger partial charge < -0.3 is 30.6 Å². The van der Waals surface area contributed by atoms with Crippen LogP contribution in [0.5, 0.6) is 0 Å². The van der Waals surface area contributed by atoms with Crippen molar-refractivity contribution in [3.05, 3.63) is 0 Å². The molecule has 0 aromatic rings. The fourth-order valence-electron chi connectivity index (χ4n) is 0.156. The van der Waals surface area contributed by atoms with Gasteiger partial charge in [0.05, 0.1) is 13.2 Å². The summed E-state index contributed by atoms with van der Waals surface area (Å²) in [6, 6.07) is 0. The Morgan fingerprint density at radius 3 is 1.07 bits per heavy atom. The van der Waals surface area contributed by atoms with Crippen molar-refractivity contribution in [3.8, 4) is 0 Å². The summed E-state index contributed by atoms with van der Waals surface area (Å²) in [5.41, 5.74) is 0. The maximum atomic E-state index is 9.52. The van der Waals surface area contributed by atoms with E-state index in [1.165, 1.54) is 0 Å². The number of rotatable bonds is 4. The molecule has 2 atom stereocenters. The molecule has 0 saturated heterocycles. The third-order valence-electron chi connectivity index (χ3n) is 0.916. The van der Waals surface area contributed by atoms with Crippen LogP contribution in [0.25, 0.3) is 0 Å². The number of carboxylic acids is 2. The van der Waals surface area contributed by atoms with Gasteiger partial charge in [0.15, 0.2) is 12.2 Å². The zero-order valence-electron chi connectivity index (χ0n) is 7.45. The Labute approximate surface area is 95.3 Å². The Morgan fingerprint density at radius 2 is 1.07 bits per heavy atom. The fourth-order valence-corrected chi connectivity index (χ4v) is 0.156. The van der Waals surface area contributed by atoms with E-state index in [4.69, 9.17) is 30.6 Å². The molecule has 0 aliphatic carbocycles. The van der Waals surface area contributed by atoms with Gasteiger partial charge in [-0.1, -0.05) is 0 Å². The molecular weight excluding hydrogens is 255 g/mol. The van der Waals surface area contributed by atoms with Gasteiger partial charge in [0.25, 0.3) is 0 Å². The summed E-state index contributed by atoms with van der Waals surface area (Å²) < 4.78 is 0. The molecule has 2 unspecified atom stereocenters. The van der Waals surface area contributed by atoms with E-state index in [-0.39, 0.29) is 17.1 Å². The molecule has 0 fully saturated rings. The van der Waals surface area contributed by atoms with Gasteiger partial charge in [0.1, 0.15) is 0 Å². The summed E-state index contributed by atoms with van der Waals surface area (Å²) in [6.45, 7) is -1.45. The van der Waals surface area contributed by atoms with Crippen LogP contribution >= 0.6 is 0 Å². The Bertz CT molecular complexity index is 164. The van der Waals surface area contributed by atoms with E-state index in [1.54, 1.807) is 0 Å². The average Bonchev–Trinajstić information content (AvgIpc) is 2.15. The molecule has 0 aliphatic heterocycles. The van der Waals surface area contributed by atoms with Crippen molar-refractivity contribution >= 4 is 11.9 Å². The molecule has 0 heterocycles. The molecule has 91 valence electrons. The van der Waals surface area contributed by atoms with Crippen LogP contribution < -0.4 is 0 Å². The van der Waals surface area contributed by atoms with Crippen LogP contribution in [-0.4, -0.2) is 68.0 Å². The SMILES string of the molecule is O=C(O)C(O)CO.O=C(O)C(O)CO.[Mn]. The van der Waals surface area contributed by atoms with Gasteiger partial charge in [-0.25, -0.2) is 9.59 Å². The van der Waals surface area contributed by atoms with Crippen LogP contribution in [0.2, 0.25) is 0 Å². The van der Waals surface area contributed by atoms with Crippen LogP contribution in [-0.2, 0) is 26.7 Å². The molecule has 0 aromatic heterocycles. The Balaban J connectivity index is -0.000000180. The molecule has 8 nitrogen and oxygen atoms in total. The summed E-state index contributed by atoms with van der Waals surface area (Å²) >= 11 is 0. The second-order valence-electron chi connectivity index (χ2n) is 2.07. The molecule has 0 amide bonds. The molecule has 0 saturated carbocycles. The first kappa shape index (κ1) is 19.8. The van der Waals surface area contributed by atoms with E-state index in [9.17, 15) is 9.59 Å². The molecule has 0 aliphatic rings. The van der Waals surface area contributed by atoms with Crippen molar-refractivity contribution in [2.75, 3.05) is 13.2 Å². The number of aliphatic hydroxyl groups excluding tert-OH is 4. The third-order valence-corrected chi connectivity index (χ3v) is 0.916. The first-order valence-electron chi connectivity index (χ1n) is 3.40.